The first-order valence-corrected chi connectivity index (χ1v) is 8.02. The first kappa shape index (κ1) is 21.1. The summed E-state index contributed by atoms with van der Waals surface area (Å²) in [4.78, 5) is 10.8. The van der Waals surface area contributed by atoms with Gasteiger partial charge in [-0.2, -0.15) is 0 Å². The molecule has 1 aromatic rings. The zero-order chi connectivity index (χ0) is 19.1. The molecule has 0 radical (unpaired) electrons. The number of nitrogens with zero attached hydrogens (tertiary/aromatic N) is 1. The van der Waals surface area contributed by atoms with E-state index in [-0.39, 0.29) is 29.9 Å². The lowest BCUT2D eigenvalue weighted by molar-refractivity contribution is -0.385. The van der Waals surface area contributed by atoms with Gasteiger partial charge < -0.3 is 24.4 Å². The smallest absolute Gasteiger partial charge is 0.315 e. The van der Waals surface area contributed by atoms with Crippen LogP contribution in [0.2, 0.25) is 0 Å². The molecular weight excluding hydrogens is 330 g/mol. The Labute approximate surface area is 147 Å². The van der Waals surface area contributed by atoms with Crippen molar-refractivity contribution in [2.45, 2.75) is 32.5 Å². The van der Waals surface area contributed by atoms with Gasteiger partial charge in [0.2, 0.25) is 5.75 Å². The van der Waals surface area contributed by atoms with E-state index in [0.29, 0.717) is 17.7 Å². The van der Waals surface area contributed by atoms with E-state index in [9.17, 15) is 20.3 Å². The Morgan fingerprint density at radius 1 is 1.16 bits per heavy atom. The summed E-state index contributed by atoms with van der Waals surface area (Å²) < 4.78 is 16.0. The SMILES string of the molecule is COc1cc([C@@H](OC)[C@H](C)C[C@H](O)[C@H](C)CO)c(OC)c([N+](=O)[O-])c1. The fourth-order valence-corrected chi connectivity index (χ4v) is 2.82. The number of rotatable bonds is 10. The largest absolute Gasteiger partial charge is 0.496 e. The van der Waals surface area contributed by atoms with Crippen LogP contribution in [0.15, 0.2) is 12.1 Å². The first-order valence-electron chi connectivity index (χ1n) is 8.02. The van der Waals surface area contributed by atoms with E-state index in [1.165, 1.54) is 27.4 Å². The predicted molar refractivity (Wildman–Crippen MR) is 92.0 cm³/mol. The molecule has 0 saturated carbocycles. The predicted octanol–water partition coefficient (Wildman–Crippen LogP) is 2.32. The van der Waals surface area contributed by atoms with Gasteiger partial charge in [0.25, 0.3) is 0 Å². The Kier molecular flexibility index (Phi) is 8.08. The third kappa shape index (κ3) is 5.04. The average molecular weight is 357 g/mol. The van der Waals surface area contributed by atoms with Crippen molar-refractivity contribution in [3.05, 3.63) is 27.8 Å². The molecule has 0 aliphatic rings. The van der Waals surface area contributed by atoms with E-state index in [4.69, 9.17) is 14.2 Å². The van der Waals surface area contributed by atoms with Crippen LogP contribution in [0.3, 0.4) is 0 Å². The Morgan fingerprint density at radius 2 is 1.80 bits per heavy atom. The highest BCUT2D eigenvalue weighted by Crippen LogP contribution is 2.42. The van der Waals surface area contributed by atoms with Gasteiger partial charge in [-0.05, 0) is 18.4 Å². The lowest BCUT2D eigenvalue weighted by Gasteiger charge is -2.28. The molecule has 142 valence electrons. The van der Waals surface area contributed by atoms with Crippen LogP contribution in [0, 0.1) is 22.0 Å². The highest BCUT2D eigenvalue weighted by Gasteiger charge is 2.31. The van der Waals surface area contributed by atoms with E-state index in [1.54, 1.807) is 13.0 Å². The Balaban J connectivity index is 3.28. The summed E-state index contributed by atoms with van der Waals surface area (Å²) in [5.74, 6) is -0.0358. The molecule has 0 spiro atoms. The van der Waals surface area contributed by atoms with Crippen molar-refractivity contribution >= 4 is 5.69 Å². The van der Waals surface area contributed by atoms with E-state index in [2.05, 4.69) is 0 Å². The number of aliphatic hydroxyl groups excluding tert-OH is 2. The van der Waals surface area contributed by atoms with Crippen molar-refractivity contribution in [2.24, 2.45) is 11.8 Å². The number of ether oxygens (including phenoxy) is 3. The summed E-state index contributed by atoms with van der Waals surface area (Å²) in [5.41, 5.74) is 0.266. The topological polar surface area (TPSA) is 111 Å². The number of hydrogen-bond donors (Lipinski definition) is 2. The quantitative estimate of drug-likeness (QED) is 0.488. The summed E-state index contributed by atoms with van der Waals surface area (Å²) in [6.45, 7) is 3.49. The molecule has 0 saturated heterocycles. The third-order valence-corrected chi connectivity index (χ3v) is 4.34. The molecule has 0 aliphatic heterocycles. The molecule has 0 heterocycles. The van der Waals surface area contributed by atoms with Gasteiger partial charge in [-0.3, -0.25) is 10.1 Å². The van der Waals surface area contributed by atoms with Crippen LogP contribution >= 0.6 is 0 Å². The molecule has 0 fully saturated rings. The normalized spacial score (nSPS) is 16.0. The third-order valence-electron chi connectivity index (χ3n) is 4.34. The summed E-state index contributed by atoms with van der Waals surface area (Å²) in [5, 5.41) is 30.7. The van der Waals surface area contributed by atoms with Crippen LogP contribution in [0.4, 0.5) is 5.69 Å². The molecule has 25 heavy (non-hydrogen) atoms. The number of benzene rings is 1. The van der Waals surface area contributed by atoms with Crippen LogP contribution in [0.25, 0.3) is 0 Å². The lowest BCUT2D eigenvalue weighted by Crippen LogP contribution is -2.26. The zero-order valence-corrected chi connectivity index (χ0v) is 15.3. The molecule has 0 bridgehead atoms. The molecular formula is C17H27NO7. The standard InChI is InChI=1S/C17H27NO7/c1-10(6-15(20)11(2)9-19)16(24-4)13-7-12(23-3)8-14(18(21)22)17(13)25-5/h7-8,10-11,15-16,19-20H,6,9H2,1-5H3/t10-,11-,15+,16+/m1/s1. The van der Waals surface area contributed by atoms with Crippen molar-refractivity contribution in [1.29, 1.82) is 0 Å². The van der Waals surface area contributed by atoms with E-state index in [1.807, 2.05) is 6.92 Å². The van der Waals surface area contributed by atoms with E-state index in [0.717, 1.165) is 0 Å². The summed E-state index contributed by atoms with van der Waals surface area (Å²) in [7, 11) is 4.28. The van der Waals surface area contributed by atoms with Crippen molar-refractivity contribution in [2.75, 3.05) is 27.9 Å². The highest BCUT2D eigenvalue weighted by atomic mass is 16.6. The maximum atomic E-state index is 11.3. The second-order valence-electron chi connectivity index (χ2n) is 6.12. The van der Waals surface area contributed by atoms with Crippen LogP contribution < -0.4 is 9.47 Å². The van der Waals surface area contributed by atoms with Crippen molar-refractivity contribution < 1.29 is 29.3 Å². The Morgan fingerprint density at radius 3 is 2.24 bits per heavy atom. The van der Waals surface area contributed by atoms with Crippen molar-refractivity contribution in [1.82, 2.24) is 0 Å². The summed E-state index contributed by atoms with van der Waals surface area (Å²) in [6, 6.07) is 2.93. The molecule has 1 aromatic carbocycles. The number of nitro groups is 1. The van der Waals surface area contributed by atoms with Crippen LogP contribution in [-0.2, 0) is 4.74 Å². The summed E-state index contributed by atoms with van der Waals surface area (Å²) in [6.07, 6.45) is -0.914. The monoisotopic (exact) mass is 357 g/mol. The second-order valence-corrected chi connectivity index (χ2v) is 6.12. The number of methoxy groups -OCH3 is 3. The molecule has 2 N–H and O–H groups in total. The van der Waals surface area contributed by atoms with Crippen molar-refractivity contribution in [3.63, 3.8) is 0 Å². The minimum Gasteiger partial charge on any atom is -0.496 e. The number of nitro benzene ring substituents is 1. The minimum absolute atomic E-state index is 0.106. The molecule has 0 amide bonds. The van der Waals surface area contributed by atoms with Gasteiger partial charge in [0.05, 0.1) is 37.4 Å². The van der Waals surface area contributed by atoms with E-state index < -0.39 is 17.1 Å². The first-order chi connectivity index (χ1) is 11.8. The molecule has 4 atom stereocenters. The van der Waals surface area contributed by atoms with Gasteiger partial charge in [0.1, 0.15) is 5.75 Å². The van der Waals surface area contributed by atoms with Crippen LogP contribution in [0.1, 0.15) is 31.9 Å². The minimum atomic E-state index is -0.718. The molecule has 1 rings (SSSR count). The van der Waals surface area contributed by atoms with Crippen LogP contribution in [-0.4, -0.2) is 49.2 Å². The Hall–Kier alpha value is -1.90. The lowest BCUT2D eigenvalue weighted by atomic mass is 9.88. The van der Waals surface area contributed by atoms with Gasteiger partial charge >= 0.3 is 5.69 Å². The maximum absolute atomic E-state index is 11.3. The summed E-state index contributed by atoms with van der Waals surface area (Å²) >= 11 is 0. The van der Waals surface area contributed by atoms with Gasteiger partial charge in [0, 0.05) is 25.2 Å². The molecule has 0 unspecified atom stereocenters. The maximum Gasteiger partial charge on any atom is 0.315 e. The van der Waals surface area contributed by atoms with Gasteiger partial charge in [-0.15, -0.1) is 0 Å². The average Bonchev–Trinajstić information content (AvgIpc) is 2.60. The van der Waals surface area contributed by atoms with Gasteiger partial charge in [-0.25, -0.2) is 0 Å². The van der Waals surface area contributed by atoms with Gasteiger partial charge in [-0.1, -0.05) is 13.8 Å². The molecule has 8 nitrogen and oxygen atoms in total. The van der Waals surface area contributed by atoms with E-state index >= 15 is 0 Å². The number of aliphatic hydroxyl groups is 2. The molecule has 8 heteroatoms. The second kappa shape index (κ2) is 9.55. The fourth-order valence-electron chi connectivity index (χ4n) is 2.82. The fraction of sp³-hybridized carbons (Fsp3) is 0.647. The molecule has 0 aromatic heterocycles. The van der Waals surface area contributed by atoms with Gasteiger partial charge in [0.15, 0.2) is 0 Å². The zero-order valence-electron chi connectivity index (χ0n) is 15.3. The number of hydrogen-bond acceptors (Lipinski definition) is 7. The van der Waals surface area contributed by atoms with Crippen molar-refractivity contribution in [3.8, 4) is 11.5 Å². The molecule has 0 aliphatic carbocycles. The Bertz CT molecular complexity index is 578. The van der Waals surface area contributed by atoms with Crippen LogP contribution in [0.5, 0.6) is 11.5 Å². The highest BCUT2D eigenvalue weighted by molar-refractivity contribution is 5.57.